The lowest BCUT2D eigenvalue weighted by Crippen LogP contribution is -2.27. The predicted octanol–water partition coefficient (Wildman–Crippen LogP) is 2.10. The van der Waals surface area contributed by atoms with E-state index in [1.807, 2.05) is 37.3 Å². The molecule has 0 aliphatic heterocycles. The Balaban J connectivity index is 2.14. The van der Waals surface area contributed by atoms with Crippen LogP contribution in [0.3, 0.4) is 0 Å². The second-order valence-electron chi connectivity index (χ2n) is 5.99. The first-order valence-electron chi connectivity index (χ1n) is 8.46. The lowest BCUT2D eigenvalue weighted by atomic mass is 10.0. The van der Waals surface area contributed by atoms with Crippen LogP contribution in [0.4, 0.5) is 0 Å². The zero-order valence-corrected chi connectivity index (χ0v) is 15.7. The fourth-order valence-corrected chi connectivity index (χ4v) is 2.54. The molecule has 0 saturated heterocycles. The van der Waals surface area contributed by atoms with Gasteiger partial charge in [-0.2, -0.15) is 0 Å². The summed E-state index contributed by atoms with van der Waals surface area (Å²) >= 11 is 0. The molecule has 0 unspecified atom stereocenters. The fraction of sp³-hybridized carbons (Fsp3) is 0.300. The van der Waals surface area contributed by atoms with Crippen LogP contribution in [0.15, 0.2) is 42.5 Å². The van der Waals surface area contributed by atoms with E-state index in [2.05, 4.69) is 5.32 Å². The fourth-order valence-electron chi connectivity index (χ4n) is 2.54. The Bertz CT molecular complexity index is 767. The zero-order valence-electron chi connectivity index (χ0n) is 15.7. The molecule has 2 aromatic rings. The summed E-state index contributed by atoms with van der Waals surface area (Å²) in [5.41, 5.74) is 6.61. The third-order valence-corrected chi connectivity index (χ3v) is 4.02. The van der Waals surface area contributed by atoms with Crippen LogP contribution in [-0.2, 0) is 4.79 Å². The van der Waals surface area contributed by atoms with Crippen molar-refractivity contribution in [1.82, 2.24) is 5.32 Å². The highest BCUT2D eigenvalue weighted by molar-refractivity contribution is 5.95. The van der Waals surface area contributed by atoms with Gasteiger partial charge in [-0.05, 0) is 23.6 Å². The molecule has 0 heterocycles. The van der Waals surface area contributed by atoms with Crippen LogP contribution in [-0.4, -0.2) is 39.2 Å². The highest BCUT2D eigenvalue weighted by atomic mass is 16.5. The summed E-state index contributed by atoms with van der Waals surface area (Å²) in [4.78, 5) is 23.5. The van der Waals surface area contributed by atoms with E-state index in [-0.39, 0.29) is 35.7 Å². The maximum Gasteiger partial charge on any atom is 0.255 e. The van der Waals surface area contributed by atoms with Crippen LogP contribution in [0.5, 0.6) is 17.2 Å². The Kier molecular flexibility index (Phi) is 7.05. The molecule has 7 nitrogen and oxygen atoms in total. The SMILES string of the molecule is COc1cc(C(=O)NC[C@H](C)c2ccccc2)cc(OC)c1OCC(N)=O. The second kappa shape index (κ2) is 9.47. The average molecular weight is 372 g/mol. The monoisotopic (exact) mass is 372 g/mol. The number of carbonyl (C=O) groups excluding carboxylic acids is 2. The van der Waals surface area contributed by atoms with Crippen LogP contribution < -0.4 is 25.3 Å². The van der Waals surface area contributed by atoms with Crippen molar-refractivity contribution in [1.29, 1.82) is 0 Å². The van der Waals surface area contributed by atoms with Crippen molar-refractivity contribution in [2.24, 2.45) is 5.73 Å². The molecular weight excluding hydrogens is 348 g/mol. The van der Waals surface area contributed by atoms with Gasteiger partial charge in [0.05, 0.1) is 14.2 Å². The zero-order chi connectivity index (χ0) is 19.8. The number of amides is 2. The predicted molar refractivity (Wildman–Crippen MR) is 101 cm³/mol. The number of hydrogen-bond donors (Lipinski definition) is 2. The molecule has 0 bridgehead atoms. The molecule has 0 aliphatic carbocycles. The molecule has 27 heavy (non-hydrogen) atoms. The summed E-state index contributed by atoms with van der Waals surface area (Å²) in [5, 5.41) is 2.90. The van der Waals surface area contributed by atoms with Gasteiger partial charge in [0.2, 0.25) is 5.75 Å². The van der Waals surface area contributed by atoms with E-state index in [9.17, 15) is 9.59 Å². The minimum atomic E-state index is -0.629. The summed E-state index contributed by atoms with van der Waals surface area (Å²) in [5.74, 6) is 0.0329. The van der Waals surface area contributed by atoms with Crippen molar-refractivity contribution < 1.29 is 23.8 Å². The van der Waals surface area contributed by atoms with E-state index in [0.717, 1.165) is 5.56 Å². The molecule has 0 radical (unpaired) electrons. The molecule has 1 atom stereocenters. The van der Waals surface area contributed by atoms with Crippen molar-refractivity contribution >= 4 is 11.8 Å². The Labute approximate surface area is 158 Å². The van der Waals surface area contributed by atoms with Crippen LogP contribution in [0.1, 0.15) is 28.8 Å². The number of ether oxygens (including phenoxy) is 3. The normalized spacial score (nSPS) is 11.4. The van der Waals surface area contributed by atoms with Gasteiger partial charge < -0.3 is 25.3 Å². The van der Waals surface area contributed by atoms with E-state index >= 15 is 0 Å². The number of hydrogen-bond acceptors (Lipinski definition) is 5. The maximum atomic E-state index is 12.6. The van der Waals surface area contributed by atoms with Crippen LogP contribution >= 0.6 is 0 Å². The Morgan fingerprint density at radius 3 is 2.19 bits per heavy atom. The third-order valence-electron chi connectivity index (χ3n) is 4.02. The van der Waals surface area contributed by atoms with Crippen molar-refractivity contribution in [3.63, 3.8) is 0 Å². The first kappa shape index (κ1) is 20.1. The molecule has 0 aromatic heterocycles. The summed E-state index contributed by atoms with van der Waals surface area (Å²) in [6.45, 7) is 2.19. The van der Waals surface area contributed by atoms with Gasteiger partial charge in [0.25, 0.3) is 11.8 Å². The lowest BCUT2D eigenvalue weighted by Gasteiger charge is -2.16. The molecule has 2 aromatic carbocycles. The summed E-state index contributed by atoms with van der Waals surface area (Å²) in [6.07, 6.45) is 0. The van der Waals surface area contributed by atoms with E-state index in [1.54, 1.807) is 0 Å². The number of nitrogens with one attached hydrogen (secondary N) is 1. The van der Waals surface area contributed by atoms with Crippen molar-refractivity contribution in [3.05, 3.63) is 53.6 Å². The Morgan fingerprint density at radius 2 is 1.67 bits per heavy atom. The van der Waals surface area contributed by atoms with Gasteiger partial charge in [-0.25, -0.2) is 0 Å². The maximum absolute atomic E-state index is 12.6. The average Bonchev–Trinajstić information content (AvgIpc) is 2.69. The minimum absolute atomic E-state index is 0.164. The molecule has 2 rings (SSSR count). The first-order chi connectivity index (χ1) is 13.0. The first-order valence-corrected chi connectivity index (χ1v) is 8.46. The molecule has 144 valence electrons. The molecule has 7 heteroatoms. The van der Waals surface area contributed by atoms with Crippen molar-refractivity contribution in [2.75, 3.05) is 27.4 Å². The van der Waals surface area contributed by atoms with E-state index in [0.29, 0.717) is 12.1 Å². The van der Waals surface area contributed by atoms with Crippen LogP contribution in [0.2, 0.25) is 0 Å². The smallest absolute Gasteiger partial charge is 0.255 e. The van der Waals surface area contributed by atoms with Gasteiger partial charge >= 0.3 is 0 Å². The standard InChI is InChI=1S/C20H24N2O5/c1-13(14-7-5-4-6-8-14)11-22-20(24)15-9-16(25-2)19(17(10-15)26-3)27-12-18(21)23/h4-10,13H,11-12H2,1-3H3,(H2,21,23)(H,22,24)/t13-/m0/s1. The number of rotatable bonds is 9. The van der Waals surface area contributed by atoms with E-state index in [4.69, 9.17) is 19.9 Å². The number of carbonyl (C=O) groups is 2. The minimum Gasteiger partial charge on any atom is -0.493 e. The molecule has 0 aliphatic rings. The van der Waals surface area contributed by atoms with Crippen molar-refractivity contribution in [3.8, 4) is 17.2 Å². The largest absolute Gasteiger partial charge is 0.493 e. The molecule has 0 spiro atoms. The molecular formula is C20H24N2O5. The van der Waals surface area contributed by atoms with Gasteiger partial charge in [-0.15, -0.1) is 0 Å². The van der Waals surface area contributed by atoms with E-state index < -0.39 is 5.91 Å². The van der Waals surface area contributed by atoms with Gasteiger partial charge in [-0.3, -0.25) is 9.59 Å². The summed E-state index contributed by atoms with van der Waals surface area (Å²) in [6, 6.07) is 13.0. The van der Waals surface area contributed by atoms with Crippen LogP contribution in [0, 0.1) is 0 Å². The molecule has 0 fully saturated rings. The third kappa shape index (κ3) is 5.37. The summed E-state index contributed by atoms with van der Waals surface area (Å²) < 4.78 is 15.9. The van der Waals surface area contributed by atoms with Gasteiger partial charge in [0, 0.05) is 12.1 Å². The number of nitrogens with two attached hydrogens (primary N) is 1. The number of benzene rings is 2. The molecule has 2 amide bonds. The van der Waals surface area contributed by atoms with Gasteiger partial charge in [-0.1, -0.05) is 37.3 Å². The highest BCUT2D eigenvalue weighted by Crippen LogP contribution is 2.38. The Hall–Kier alpha value is -3.22. The quantitative estimate of drug-likeness (QED) is 0.702. The topological polar surface area (TPSA) is 99.9 Å². The van der Waals surface area contributed by atoms with Crippen molar-refractivity contribution in [2.45, 2.75) is 12.8 Å². The highest BCUT2D eigenvalue weighted by Gasteiger charge is 2.19. The Morgan fingerprint density at radius 1 is 1.07 bits per heavy atom. The molecule has 0 saturated carbocycles. The van der Waals surface area contributed by atoms with E-state index in [1.165, 1.54) is 26.4 Å². The molecule has 3 N–H and O–H groups in total. The van der Waals surface area contributed by atoms with Crippen LogP contribution in [0.25, 0.3) is 0 Å². The second-order valence-corrected chi connectivity index (χ2v) is 5.99. The summed E-state index contributed by atoms with van der Waals surface area (Å²) in [7, 11) is 2.87. The number of methoxy groups -OCH3 is 2. The van der Waals surface area contributed by atoms with Gasteiger partial charge in [0.15, 0.2) is 18.1 Å². The number of primary amides is 1. The lowest BCUT2D eigenvalue weighted by molar-refractivity contribution is -0.120. The van der Waals surface area contributed by atoms with Gasteiger partial charge in [0.1, 0.15) is 0 Å².